The van der Waals surface area contributed by atoms with Crippen molar-refractivity contribution in [3.8, 4) is 11.5 Å². The van der Waals surface area contributed by atoms with Crippen LogP contribution in [0, 0.1) is 0 Å². The Bertz CT molecular complexity index is 1080. The van der Waals surface area contributed by atoms with Crippen molar-refractivity contribution in [3.63, 3.8) is 0 Å². The summed E-state index contributed by atoms with van der Waals surface area (Å²) in [5.74, 6) is -1.48. The molecule has 0 bridgehead atoms. The van der Waals surface area contributed by atoms with Gasteiger partial charge in [-0.05, 0) is 31.2 Å². The summed E-state index contributed by atoms with van der Waals surface area (Å²) in [4.78, 5) is 11.6. The minimum absolute atomic E-state index is 0.467. The first-order chi connectivity index (χ1) is 16.4. The average Bonchev–Trinajstić information content (AvgIpc) is 2.84. The number of benzene rings is 2. The van der Waals surface area contributed by atoms with Gasteiger partial charge in [-0.2, -0.15) is 0 Å². The molecule has 0 saturated carbocycles. The Morgan fingerprint density at radius 3 is 1.57 bits per heavy atom. The van der Waals surface area contributed by atoms with Crippen molar-refractivity contribution in [1.29, 1.82) is 0 Å². The highest BCUT2D eigenvalue weighted by molar-refractivity contribution is 7.96. The van der Waals surface area contributed by atoms with Gasteiger partial charge in [0.2, 0.25) is 0 Å². The van der Waals surface area contributed by atoms with Crippen LogP contribution in [0.3, 0.4) is 0 Å². The van der Waals surface area contributed by atoms with Crippen molar-refractivity contribution in [2.24, 2.45) is 0 Å². The van der Waals surface area contributed by atoms with E-state index in [2.05, 4.69) is 13.2 Å². The monoisotopic (exact) mass is 527 g/mol. The van der Waals surface area contributed by atoms with Crippen molar-refractivity contribution in [2.75, 3.05) is 31.5 Å². The largest absolute Gasteiger partial charge is 0.497 e. The molecule has 2 aromatic rings. The van der Waals surface area contributed by atoms with Gasteiger partial charge in [0, 0.05) is 0 Å². The summed E-state index contributed by atoms with van der Waals surface area (Å²) < 4.78 is 54.9. The van der Waals surface area contributed by atoms with Gasteiger partial charge in [0.1, 0.15) is 11.5 Å². The maximum Gasteiger partial charge on any atom is 0.265 e. The van der Waals surface area contributed by atoms with Crippen LogP contribution in [0.25, 0.3) is 0 Å². The first kappa shape index (κ1) is 31.9. The van der Waals surface area contributed by atoms with Crippen molar-refractivity contribution < 1.29 is 36.3 Å². The highest BCUT2D eigenvalue weighted by Crippen LogP contribution is 2.22. The van der Waals surface area contributed by atoms with Crippen LogP contribution in [-0.4, -0.2) is 64.2 Å². The van der Waals surface area contributed by atoms with E-state index < -0.39 is 47.6 Å². The number of carbonyl (C=O) groups excluding carboxylic acids is 1. The van der Waals surface area contributed by atoms with Crippen LogP contribution in [0.2, 0.25) is 0 Å². The van der Waals surface area contributed by atoms with E-state index in [9.17, 15) is 21.6 Å². The summed E-state index contributed by atoms with van der Waals surface area (Å²) in [5, 5.41) is 8.62. The molecule has 2 aromatic carbocycles. The Hall–Kier alpha value is -3.15. The van der Waals surface area contributed by atoms with E-state index in [1.165, 1.54) is 5.48 Å². The van der Waals surface area contributed by atoms with Crippen LogP contribution in [0.15, 0.2) is 86.0 Å². The number of hydrogen-bond donors (Lipinski definition) is 2. The van der Waals surface area contributed by atoms with Gasteiger partial charge in [0.25, 0.3) is 5.91 Å². The number of hydroxylamine groups is 1. The van der Waals surface area contributed by atoms with Gasteiger partial charge in [-0.25, -0.2) is 22.3 Å². The highest BCUT2D eigenvalue weighted by Gasteiger charge is 2.48. The molecule has 0 aliphatic carbocycles. The van der Waals surface area contributed by atoms with Gasteiger partial charge >= 0.3 is 0 Å². The van der Waals surface area contributed by atoms with Crippen molar-refractivity contribution in [2.45, 2.75) is 11.7 Å². The molecule has 0 aromatic heterocycles. The number of nitrogens with one attached hydrogen (secondary N) is 1. The summed E-state index contributed by atoms with van der Waals surface area (Å²) >= 11 is 0. The fraction of sp³-hybridized carbons (Fsp3) is 0.292. The number of amides is 1. The van der Waals surface area contributed by atoms with Crippen molar-refractivity contribution >= 4 is 25.6 Å². The number of carbonyl (C=O) groups is 1. The lowest BCUT2D eigenvalue weighted by Crippen LogP contribution is -2.54. The third kappa shape index (κ3) is 11.2. The molecule has 1 amide bonds. The first-order valence-corrected chi connectivity index (χ1v) is 13.7. The number of ether oxygens (including phenoxy) is 2. The van der Waals surface area contributed by atoms with Crippen LogP contribution in [-0.2, 0) is 24.5 Å². The number of hydrogen-bond acceptors (Lipinski definition) is 8. The smallest absolute Gasteiger partial charge is 0.265 e. The summed E-state index contributed by atoms with van der Waals surface area (Å²) in [6.07, 6.45) is 2.13. The fourth-order valence-corrected chi connectivity index (χ4v) is 6.24. The van der Waals surface area contributed by atoms with Gasteiger partial charge in [-0.3, -0.25) is 10.0 Å². The standard InChI is InChI=1S/C10H17NO6S2.2C7H8O/c1-4-6-18(14,15)8-10(3,9(12)11-13)19(16,17)7-5-2;2*1-8-7-5-3-2-4-6-7/h4-5,13H,1-2,6-8H2,3H3,(H,11,12);2*2-6H,1H3. The molecule has 0 fully saturated rings. The molecule has 1 unspecified atom stereocenters. The van der Waals surface area contributed by atoms with Crippen molar-refractivity contribution in [1.82, 2.24) is 5.48 Å². The molecule has 0 radical (unpaired) electrons. The van der Waals surface area contributed by atoms with E-state index in [0.29, 0.717) is 0 Å². The van der Waals surface area contributed by atoms with E-state index in [1.54, 1.807) is 14.2 Å². The molecule has 0 heterocycles. The average molecular weight is 528 g/mol. The van der Waals surface area contributed by atoms with E-state index in [0.717, 1.165) is 30.6 Å². The van der Waals surface area contributed by atoms with Gasteiger partial charge in [-0.1, -0.05) is 48.6 Å². The first-order valence-electron chi connectivity index (χ1n) is 10.2. The third-order valence-corrected chi connectivity index (χ3v) is 8.75. The third-order valence-electron chi connectivity index (χ3n) is 4.43. The Kier molecular flexibility index (Phi) is 14.3. The zero-order valence-electron chi connectivity index (χ0n) is 20.1. The Balaban J connectivity index is 0.000000584. The molecule has 0 saturated heterocycles. The number of para-hydroxylation sites is 2. The second-order valence-electron chi connectivity index (χ2n) is 7.12. The van der Waals surface area contributed by atoms with Gasteiger partial charge in [0.05, 0.1) is 31.5 Å². The predicted molar refractivity (Wildman–Crippen MR) is 137 cm³/mol. The zero-order chi connectivity index (χ0) is 27.0. The highest BCUT2D eigenvalue weighted by atomic mass is 32.2. The van der Waals surface area contributed by atoms with Crippen LogP contribution in [0.1, 0.15) is 6.92 Å². The molecule has 0 aliphatic heterocycles. The minimum atomic E-state index is -4.14. The molecule has 1 atom stereocenters. The SMILES string of the molecule is C=CCS(=O)(=O)CC(C)(C(=O)NO)S(=O)(=O)CC=C.COc1ccccc1.COc1ccccc1. The second-order valence-corrected chi connectivity index (χ2v) is 11.7. The lowest BCUT2D eigenvalue weighted by atomic mass is 10.2. The number of sulfone groups is 2. The molecule has 35 heavy (non-hydrogen) atoms. The summed E-state index contributed by atoms with van der Waals surface area (Å²) in [5.41, 5.74) is 1.19. The van der Waals surface area contributed by atoms with E-state index in [4.69, 9.17) is 14.7 Å². The topological polar surface area (TPSA) is 136 Å². The maximum atomic E-state index is 12.0. The summed E-state index contributed by atoms with van der Waals surface area (Å²) in [6, 6.07) is 19.4. The van der Waals surface area contributed by atoms with Gasteiger partial charge in [0.15, 0.2) is 24.4 Å². The summed E-state index contributed by atoms with van der Waals surface area (Å²) in [7, 11) is -4.66. The van der Waals surface area contributed by atoms with Gasteiger partial charge in [-0.15, -0.1) is 13.2 Å². The maximum absolute atomic E-state index is 12.0. The fourth-order valence-electron chi connectivity index (χ4n) is 2.53. The molecule has 9 nitrogen and oxygen atoms in total. The van der Waals surface area contributed by atoms with E-state index in [-0.39, 0.29) is 0 Å². The molecule has 2 rings (SSSR count). The van der Waals surface area contributed by atoms with E-state index in [1.807, 2.05) is 60.7 Å². The lowest BCUT2D eigenvalue weighted by Gasteiger charge is -2.25. The molecular weight excluding hydrogens is 494 g/mol. The minimum Gasteiger partial charge on any atom is -0.497 e. The predicted octanol–water partition coefficient (Wildman–Crippen LogP) is 2.84. The van der Waals surface area contributed by atoms with Gasteiger partial charge < -0.3 is 9.47 Å². The van der Waals surface area contributed by atoms with Crippen LogP contribution in [0.4, 0.5) is 0 Å². The Morgan fingerprint density at radius 2 is 1.29 bits per heavy atom. The number of rotatable bonds is 10. The molecular formula is C24H33NO8S2. The Labute approximate surface area is 207 Å². The summed E-state index contributed by atoms with van der Waals surface area (Å²) in [6.45, 7) is 7.43. The molecule has 194 valence electrons. The normalized spacial score (nSPS) is 12.2. The number of methoxy groups -OCH3 is 2. The Morgan fingerprint density at radius 1 is 0.886 bits per heavy atom. The van der Waals surface area contributed by atoms with E-state index >= 15 is 0 Å². The molecule has 0 aliphatic rings. The second kappa shape index (κ2) is 15.7. The van der Waals surface area contributed by atoms with Crippen LogP contribution in [0.5, 0.6) is 11.5 Å². The quantitative estimate of drug-likeness (QED) is 0.273. The molecule has 2 N–H and O–H groups in total. The zero-order valence-corrected chi connectivity index (χ0v) is 21.7. The van der Waals surface area contributed by atoms with Crippen LogP contribution >= 0.6 is 0 Å². The van der Waals surface area contributed by atoms with Crippen molar-refractivity contribution in [3.05, 3.63) is 86.0 Å². The van der Waals surface area contributed by atoms with Crippen LogP contribution < -0.4 is 15.0 Å². The lowest BCUT2D eigenvalue weighted by molar-refractivity contribution is -0.131. The molecule has 0 spiro atoms. The molecule has 11 heteroatoms.